The fourth-order valence-electron chi connectivity index (χ4n) is 2.08. The molecule has 1 aromatic carbocycles. The van der Waals surface area contributed by atoms with Crippen molar-refractivity contribution in [1.82, 2.24) is 4.90 Å². The van der Waals surface area contributed by atoms with Crippen molar-refractivity contribution in [2.45, 2.75) is 6.42 Å². The molecule has 0 aromatic heterocycles. The van der Waals surface area contributed by atoms with Gasteiger partial charge < -0.3 is 19.5 Å². The summed E-state index contributed by atoms with van der Waals surface area (Å²) in [4.78, 5) is 2.32. The number of hydrogen-bond acceptors (Lipinski definition) is 5. The third-order valence-corrected chi connectivity index (χ3v) is 3.15. The maximum Gasteiger partial charge on any atom is 0.488 e. The summed E-state index contributed by atoms with van der Waals surface area (Å²) in [6.07, 6.45) is 1.06. The number of nitrogens with zero attached hydrogens (tertiary/aromatic N) is 1. The van der Waals surface area contributed by atoms with E-state index in [4.69, 9.17) is 19.5 Å². The first-order valence-corrected chi connectivity index (χ1v) is 6.65. The van der Waals surface area contributed by atoms with Crippen LogP contribution in [0.3, 0.4) is 0 Å². The molecule has 1 fully saturated rings. The molecule has 5 nitrogen and oxygen atoms in total. The second-order valence-corrected chi connectivity index (χ2v) is 4.60. The molecule has 1 saturated heterocycles. The van der Waals surface area contributed by atoms with E-state index in [0.29, 0.717) is 17.8 Å². The average Bonchev–Trinajstić information content (AvgIpc) is 2.68. The third-order valence-electron chi connectivity index (χ3n) is 3.15. The molecule has 0 aliphatic carbocycles. The lowest BCUT2D eigenvalue weighted by Gasteiger charge is -2.19. The Kier molecular flexibility index (Phi) is 5.66. The zero-order valence-corrected chi connectivity index (χ0v) is 11.0. The van der Waals surface area contributed by atoms with Crippen LogP contribution in [0.2, 0.25) is 0 Å². The fourth-order valence-corrected chi connectivity index (χ4v) is 2.08. The lowest BCUT2D eigenvalue weighted by Crippen LogP contribution is -2.31. The maximum atomic E-state index is 9.09. The van der Waals surface area contributed by atoms with Gasteiger partial charge >= 0.3 is 7.12 Å². The van der Waals surface area contributed by atoms with Crippen LogP contribution in [-0.2, 0) is 4.74 Å². The minimum Gasteiger partial charge on any atom is -0.492 e. The molecule has 1 aliphatic heterocycles. The van der Waals surface area contributed by atoms with Gasteiger partial charge in [0.2, 0.25) is 0 Å². The van der Waals surface area contributed by atoms with Crippen molar-refractivity contribution in [3.63, 3.8) is 0 Å². The topological polar surface area (TPSA) is 62.2 Å². The normalized spacial score (nSPS) is 16.9. The Hall–Kier alpha value is -1.08. The van der Waals surface area contributed by atoms with Gasteiger partial charge in [0.15, 0.2) is 0 Å². The number of benzene rings is 1. The van der Waals surface area contributed by atoms with E-state index in [1.807, 2.05) is 6.07 Å². The van der Waals surface area contributed by atoms with Crippen LogP contribution in [0.25, 0.3) is 0 Å². The summed E-state index contributed by atoms with van der Waals surface area (Å²) in [6, 6.07) is 6.88. The Morgan fingerprint density at radius 2 is 2.16 bits per heavy atom. The Morgan fingerprint density at radius 3 is 3.00 bits per heavy atom. The van der Waals surface area contributed by atoms with Gasteiger partial charge in [0.25, 0.3) is 0 Å². The van der Waals surface area contributed by atoms with Gasteiger partial charge in [-0.05, 0) is 24.0 Å². The molecule has 0 radical (unpaired) electrons. The van der Waals surface area contributed by atoms with Gasteiger partial charge in [-0.3, -0.25) is 4.90 Å². The van der Waals surface area contributed by atoms with Crippen molar-refractivity contribution in [1.29, 1.82) is 0 Å². The summed E-state index contributed by atoms with van der Waals surface area (Å²) in [7, 11) is -1.45. The van der Waals surface area contributed by atoms with Gasteiger partial charge in [-0.25, -0.2) is 0 Å². The van der Waals surface area contributed by atoms with Crippen LogP contribution in [0, 0.1) is 0 Å². The molecule has 2 N–H and O–H groups in total. The van der Waals surface area contributed by atoms with Crippen molar-refractivity contribution in [2.24, 2.45) is 0 Å². The molecule has 1 aromatic rings. The highest BCUT2D eigenvalue weighted by Gasteiger charge is 2.12. The van der Waals surface area contributed by atoms with E-state index in [9.17, 15) is 0 Å². The first-order chi connectivity index (χ1) is 9.25. The van der Waals surface area contributed by atoms with Crippen LogP contribution < -0.4 is 10.2 Å². The van der Waals surface area contributed by atoms with Crippen molar-refractivity contribution in [3.8, 4) is 5.75 Å². The monoisotopic (exact) mass is 265 g/mol. The van der Waals surface area contributed by atoms with Crippen LogP contribution in [0.4, 0.5) is 0 Å². The lowest BCUT2D eigenvalue weighted by atomic mass is 9.80. The third kappa shape index (κ3) is 4.83. The average molecular weight is 265 g/mol. The summed E-state index contributed by atoms with van der Waals surface area (Å²) in [6.45, 7) is 5.05. The van der Waals surface area contributed by atoms with Crippen LogP contribution in [0.15, 0.2) is 24.3 Å². The smallest absolute Gasteiger partial charge is 0.488 e. The SMILES string of the molecule is OB(O)c1cccc(OCCN2CCCOCC2)c1. The summed E-state index contributed by atoms with van der Waals surface area (Å²) < 4.78 is 11.0. The molecular formula is C13H20BNO4. The maximum absolute atomic E-state index is 9.09. The zero-order chi connectivity index (χ0) is 13.5. The quantitative estimate of drug-likeness (QED) is 0.701. The first-order valence-electron chi connectivity index (χ1n) is 6.65. The van der Waals surface area contributed by atoms with Crippen molar-refractivity contribution < 1.29 is 19.5 Å². The summed E-state index contributed by atoms with van der Waals surface area (Å²) in [5.74, 6) is 0.664. The van der Waals surface area contributed by atoms with Gasteiger partial charge in [-0.2, -0.15) is 0 Å². The molecule has 2 rings (SSSR count). The number of hydrogen-bond donors (Lipinski definition) is 2. The molecule has 1 heterocycles. The van der Waals surface area contributed by atoms with E-state index in [-0.39, 0.29) is 0 Å². The minimum atomic E-state index is -1.45. The van der Waals surface area contributed by atoms with E-state index < -0.39 is 7.12 Å². The highest BCUT2D eigenvalue weighted by atomic mass is 16.5. The predicted molar refractivity (Wildman–Crippen MR) is 73.6 cm³/mol. The molecule has 104 valence electrons. The van der Waals surface area contributed by atoms with Gasteiger partial charge in [0, 0.05) is 26.2 Å². The van der Waals surface area contributed by atoms with Crippen LogP contribution in [0.5, 0.6) is 5.75 Å². The molecule has 0 amide bonds. The molecule has 6 heteroatoms. The molecule has 0 saturated carbocycles. The number of ether oxygens (including phenoxy) is 2. The Labute approximate surface area is 113 Å². The van der Waals surface area contributed by atoms with Crippen LogP contribution >= 0.6 is 0 Å². The molecule has 0 atom stereocenters. The number of rotatable bonds is 5. The Bertz CT molecular complexity index is 381. The van der Waals surface area contributed by atoms with E-state index in [1.165, 1.54) is 0 Å². The summed E-state index contributed by atoms with van der Waals surface area (Å²) in [5.41, 5.74) is 0.445. The molecule has 0 spiro atoms. The highest BCUT2D eigenvalue weighted by molar-refractivity contribution is 6.58. The molecule has 0 bridgehead atoms. The second kappa shape index (κ2) is 7.50. The zero-order valence-electron chi connectivity index (χ0n) is 11.0. The van der Waals surface area contributed by atoms with Gasteiger partial charge in [-0.15, -0.1) is 0 Å². The van der Waals surface area contributed by atoms with E-state index >= 15 is 0 Å². The van der Waals surface area contributed by atoms with E-state index in [1.54, 1.807) is 18.2 Å². The minimum absolute atomic E-state index is 0.445. The predicted octanol–water partition coefficient (Wildman–Crippen LogP) is -0.532. The largest absolute Gasteiger partial charge is 0.492 e. The van der Waals surface area contributed by atoms with Gasteiger partial charge in [0.1, 0.15) is 12.4 Å². The molecule has 0 unspecified atom stereocenters. The van der Waals surface area contributed by atoms with E-state index in [0.717, 1.165) is 39.3 Å². The van der Waals surface area contributed by atoms with Crippen molar-refractivity contribution >= 4 is 12.6 Å². The first kappa shape index (κ1) is 14.3. The Morgan fingerprint density at radius 1 is 1.26 bits per heavy atom. The van der Waals surface area contributed by atoms with Crippen molar-refractivity contribution in [2.75, 3.05) is 39.5 Å². The highest BCUT2D eigenvalue weighted by Crippen LogP contribution is 2.08. The standard InChI is InChI=1S/C13H20BNO4/c16-14(17)12-3-1-4-13(11-12)19-10-7-15-5-2-8-18-9-6-15/h1,3-4,11,16-17H,2,5-10H2. The second-order valence-electron chi connectivity index (χ2n) is 4.60. The lowest BCUT2D eigenvalue weighted by molar-refractivity contribution is 0.137. The summed E-state index contributed by atoms with van der Waals surface area (Å²) >= 11 is 0. The van der Waals surface area contributed by atoms with Gasteiger partial charge in [0.05, 0.1) is 6.61 Å². The fraction of sp³-hybridized carbons (Fsp3) is 0.538. The van der Waals surface area contributed by atoms with Gasteiger partial charge in [-0.1, -0.05) is 12.1 Å². The van der Waals surface area contributed by atoms with Crippen LogP contribution in [-0.4, -0.2) is 61.5 Å². The van der Waals surface area contributed by atoms with Crippen molar-refractivity contribution in [3.05, 3.63) is 24.3 Å². The van der Waals surface area contributed by atoms with E-state index in [2.05, 4.69) is 4.90 Å². The molecule has 1 aliphatic rings. The summed E-state index contributed by atoms with van der Waals surface area (Å²) in [5, 5.41) is 18.2. The molecule has 19 heavy (non-hydrogen) atoms. The Balaban J connectivity index is 1.77. The van der Waals surface area contributed by atoms with Crippen LogP contribution in [0.1, 0.15) is 6.42 Å². The molecular weight excluding hydrogens is 245 g/mol.